The molecular formula is C28H63O13P2S+. The summed E-state index contributed by atoms with van der Waals surface area (Å²) in [5.74, 6) is 0. The van der Waals surface area contributed by atoms with E-state index >= 15 is 0 Å². The van der Waals surface area contributed by atoms with Crippen LogP contribution < -0.4 is 0 Å². The number of rotatable bonds is 10. The first-order valence-corrected chi connectivity index (χ1v) is 16.9. The molecular weight excluding hydrogens is 638 g/mol. The number of hydrogen-bond donors (Lipinski definition) is 1. The van der Waals surface area contributed by atoms with Crippen LogP contribution in [0, 0.1) is 6.92 Å². The Morgan fingerprint density at radius 3 is 1.50 bits per heavy atom. The van der Waals surface area contributed by atoms with Crippen LogP contribution in [0.3, 0.4) is 0 Å². The van der Waals surface area contributed by atoms with E-state index in [4.69, 9.17) is 19.2 Å². The highest BCUT2D eigenvalue weighted by atomic mass is 32.2. The molecule has 2 unspecified atom stereocenters. The summed E-state index contributed by atoms with van der Waals surface area (Å²) in [4.78, 5) is 17.6. The third-order valence-electron chi connectivity index (χ3n) is 3.24. The van der Waals surface area contributed by atoms with Crippen LogP contribution in [0.25, 0.3) is 0 Å². The maximum absolute atomic E-state index is 11.1. The number of phosphoric ester groups is 1. The van der Waals surface area contributed by atoms with Gasteiger partial charge in [-0.1, -0.05) is 52.5 Å². The van der Waals surface area contributed by atoms with Gasteiger partial charge in [0.25, 0.3) is 16.6 Å². The lowest BCUT2D eigenvalue weighted by molar-refractivity contribution is -0.126. The number of ether oxygens (including phenoxy) is 4. The highest BCUT2D eigenvalue weighted by molar-refractivity contribution is 7.86. The third-order valence-corrected chi connectivity index (χ3v) is 6.74. The zero-order valence-corrected chi connectivity index (χ0v) is 30.1. The van der Waals surface area contributed by atoms with E-state index in [0.717, 1.165) is 45.9 Å². The summed E-state index contributed by atoms with van der Waals surface area (Å²) in [6.45, 7) is 15.9. The minimum atomic E-state index is -4.01. The molecule has 1 rings (SSSR count). The monoisotopic (exact) mass is 701 g/mol. The summed E-state index contributed by atoms with van der Waals surface area (Å²) in [7, 11) is 0.510. The number of carbonyl (C=O) groups excluding carboxylic acids is 1. The smallest absolute Gasteiger partial charge is 0.471 e. The Bertz CT molecular complexity index is 855. The Morgan fingerprint density at radius 1 is 1.00 bits per heavy atom. The van der Waals surface area contributed by atoms with Crippen molar-refractivity contribution in [3.63, 3.8) is 0 Å². The molecule has 1 aromatic carbocycles. The highest BCUT2D eigenvalue weighted by Gasteiger charge is 2.29. The molecule has 44 heavy (non-hydrogen) atoms. The summed E-state index contributed by atoms with van der Waals surface area (Å²) in [5.41, 5.74) is 1.02. The van der Waals surface area contributed by atoms with Crippen molar-refractivity contribution in [3.05, 3.63) is 42.5 Å². The summed E-state index contributed by atoms with van der Waals surface area (Å²) in [6.07, 6.45) is 4.46. The van der Waals surface area contributed by atoms with Crippen molar-refractivity contribution in [2.45, 2.75) is 73.3 Å². The second-order valence-corrected chi connectivity index (χ2v) is 11.9. The number of carbonyl (C=O) groups is 1. The van der Waals surface area contributed by atoms with Crippen molar-refractivity contribution in [2.75, 3.05) is 63.0 Å². The van der Waals surface area contributed by atoms with Gasteiger partial charge in [0.15, 0.2) is 6.66 Å². The fourth-order valence-electron chi connectivity index (χ4n) is 1.18. The third kappa shape index (κ3) is 63.6. The number of allylic oxidation sites excluding steroid dienone is 1. The molecule has 1 N–H and O–H groups in total. The molecule has 13 nitrogen and oxygen atoms in total. The molecule has 0 aliphatic rings. The standard InChI is InChI=1S/C8H10O3S.2C4H10O.C4H8.C2H6O5P2.C2H4O2.C2H6O.2CH4/c1-7-3-5-8(6-4-7)12(9,10)11-2;1-4(2)5-3;1-3-4-5-2;1-3-4-2;1-6-9(4,5)7-8(2)3;1-4-2-3;1-3-2;;/h3-6H,1-2H3;4H,1-3H3;3-4H2,1-2H3;3H,1,4H2,2H3;1-2H3;2H,1H3;1-2H3;2*1H4/p+1. The van der Waals surface area contributed by atoms with Gasteiger partial charge in [0.05, 0.1) is 25.2 Å². The van der Waals surface area contributed by atoms with Crippen LogP contribution >= 0.6 is 15.9 Å². The number of aryl methyl sites for hydroxylation is 1. The molecule has 0 heterocycles. The Labute approximate surface area is 270 Å². The van der Waals surface area contributed by atoms with Gasteiger partial charge in [-0.15, -0.1) is 6.58 Å². The van der Waals surface area contributed by atoms with Gasteiger partial charge in [-0.2, -0.15) is 8.42 Å². The minimum Gasteiger partial charge on any atom is -0.471 e. The second-order valence-electron chi connectivity index (χ2n) is 7.32. The van der Waals surface area contributed by atoms with Crippen molar-refractivity contribution in [3.8, 4) is 0 Å². The van der Waals surface area contributed by atoms with E-state index in [1.807, 2.05) is 26.8 Å². The lowest BCUT2D eigenvalue weighted by Gasteiger charge is -2.00. The van der Waals surface area contributed by atoms with Crippen LogP contribution in [0.1, 0.15) is 61.0 Å². The molecule has 16 heteroatoms. The molecule has 0 amide bonds. The predicted molar refractivity (Wildman–Crippen MR) is 181 cm³/mol. The van der Waals surface area contributed by atoms with Crippen LogP contribution in [0.2, 0.25) is 0 Å². The average Bonchev–Trinajstić information content (AvgIpc) is 2.94. The number of phosphoric acid groups is 1. The van der Waals surface area contributed by atoms with Gasteiger partial charge in [-0.25, -0.2) is 4.57 Å². The van der Waals surface area contributed by atoms with E-state index in [1.165, 1.54) is 19.2 Å². The van der Waals surface area contributed by atoms with Crippen molar-refractivity contribution in [1.29, 1.82) is 0 Å². The van der Waals surface area contributed by atoms with E-state index < -0.39 is 26.0 Å². The van der Waals surface area contributed by atoms with E-state index in [1.54, 1.807) is 40.6 Å². The van der Waals surface area contributed by atoms with Crippen LogP contribution in [0.5, 0.6) is 0 Å². The maximum Gasteiger partial charge on any atom is 0.515 e. The lowest BCUT2D eigenvalue weighted by atomic mass is 10.2. The SMILES string of the molecule is C.C.C=CCC.CCCOC.COC.COC(C)C.COC=O.COP(=O)(O)O[P+](C)=O.COS(=O)(=O)c1ccc(C)cc1. The van der Waals surface area contributed by atoms with Gasteiger partial charge >= 0.3 is 15.9 Å². The van der Waals surface area contributed by atoms with E-state index in [-0.39, 0.29) is 19.7 Å². The van der Waals surface area contributed by atoms with Gasteiger partial charge < -0.3 is 23.8 Å². The average molecular weight is 702 g/mol. The van der Waals surface area contributed by atoms with E-state index in [2.05, 4.69) is 42.9 Å². The topological polar surface area (TPSA) is 170 Å². The Balaban J connectivity index is -0.0000000604. The zero-order valence-electron chi connectivity index (χ0n) is 27.5. The number of hydrogen-bond acceptors (Lipinski definition) is 12. The molecule has 0 aromatic heterocycles. The molecule has 1 aromatic rings. The first-order valence-electron chi connectivity index (χ1n) is 12.3. The Kier molecular flexibility index (Phi) is 64.0. The highest BCUT2D eigenvalue weighted by Crippen LogP contribution is 2.49. The summed E-state index contributed by atoms with van der Waals surface area (Å²) in [6, 6.07) is 6.50. The number of benzene rings is 1. The first kappa shape index (κ1) is 61.4. The summed E-state index contributed by atoms with van der Waals surface area (Å²) in [5, 5.41) is 0. The molecule has 0 aliphatic carbocycles. The fraction of sp³-hybridized carbons (Fsp3) is 0.679. The Hall–Kier alpha value is -1.57. The maximum atomic E-state index is 11.1. The van der Waals surface area contributed by atoms with Crippen LogP contribution in [0.15, 0.2) is 41.8 Å². The second kappa shape index (κ2) is 45.9. The van der Waals surface area contributed by atoms with Crippen molar-refractivity contribution < 1.29 is 59.2 Å². The fourth-order valence-corrected chi connectivity index (χ4v) is 3.27. The molecule has 2 atom stereocenters. The molecule has 0 bridgehead atoms. The van der Waals surface area contributed by atoms with E-state index in [0.29, 0.717) is 12.6 Å². The summed E-state index contributed by atoms with van der Waals surface area (Å²) >= 11 is 0. The largest absolute Gasteiger partial charge is 0.515 e. The van der Waals surface area contributed by atoms with E-state index in [9.17, 15) is 17.5 Å². The van der Waals surface area contributed by atoms with Gasteiger partial charge in [-0.05, 0) is 54.6 Å². The molecule has 0 saturated heterocycles. The Morgan fingerprint density at radius 2 is 1.36 bits per heavy atom. The molecule has 0 radical (unpaired) electrons. The zero-order chi connectivity index (χ0) is 34.6. The molecule has 0 aliphatic heterocycles. The molecule has 268 valence electrons. The van der Waals surface area contributed by atoms with Crippen molar-refractivity contribution in [2.24, 2.45) is 0 Å². The van der Waals surface area contributed by atoms with Crippen LogP contribution in [-0.2, 0) is 56.0 Å². The van der Waals surface area contributed by atoms with Crippen LogP contribution in [-0.4, -0.2) is 88.9 Å². The van der Waals surface area contributed by atoms with Crippen molar-refractivity contribution in [1.82, 2.24) is 0 Å². The van der Waals surface area contributed by atoms with Gasteiger partial charge in [-0.3, -0.25) is 13.5 Å². The predicted octanol–water partition coefficient (Wildman–Crippen LogP) is 7.44. The minimum absolute atomic E-state index is 0. The van der Waals surface area contributed by atoms with Gasteiger partial charge in [0, 0.05) is 42.2 Å². The lowest BCUT2D eigenvalue weighted by Crippen LogP contribution is -2.02. The normalized spacial score (nSPS) is 10.5. The van der Waals surface area contributed by atoms with Gasteiger partial charge in [0.1, 0.15) is 0 Å². The first-order chi connectivity index (χ1) is 19.5. The summed E-state index contributed by atoms with van der Waals surface area (Å²) < 4.78 is 72.5. The van der Waals surface area contributed by atoms with Crippen molar-refractivity contribution >= 4 is 32.4 Å². The molecule has 0 spiro atoms. The van der Waals surface area contributed by atoms with Gasteiger partial charge in [0.2, 0.25) is 0 Å². The quantitative estimate of drug-likeness (QED) is 0.111. The number of methoxy groups -OCH3 is 4. The molecule has 0 saturated carbocycles. The van der Waals surface area contributed by atoms with Crippen LogP contribution in [0.4, 0.5) is 0 Å². The molecule has 0 fully saturated rings.